The first-order valence-corrected chi connectivity index (χ1v) is 9.65. The molecule has 0 aromatic heterocycles. The number of rotatable bonds is 4. The van der Waals surface area contributed by atoms with E-state index >= 15 is 0 Å². The lowest BCUT2D eigenvalue weighted by molar-refractivity contribution is 0.334. The van der Waals surface area contributed by atoms with Gasteiger partial charge in [-0.05, 0) is 36.5 Å². The van der Waals surface area contributed by atoms with E-state index in [0.717, 1.165) is 21.1 Å². The summed E-state index contributed by atoms with van der Waals surface area (Å²) in [5, 5.41) is 2.55. The number of thioether (sulfide) groups is 1. The van der Waals surface area contributed by atoms with Gasteiger partial charge in [-0.25, -0.2) is 0 Å². The highest BCUT2D eigenvalue weighted by Crippen LogP contribution is 2.41. The Morgan fingerprint density at radius 1 is 1.00 bits per heavy atom. The molecule has 1 aliphatic rings. The van der Waals surface area contributed by atoms with Crippen molar-refractivity contribution in [2.24, 2.45) is 5.41 Å². The molecule has 1 aromatic rings. The van der Waals surface area contributed by atoms with E-state index in [1.165, 1.54) is 43.4 Å². The summed E-state index contributed by atoms with van der Waals surface area (Å²) in [5.41, 5.74) is 0.440. The normalized spacial score (nSPS) is 19.1. The molecule has 0 saturated heterocycles. The van der Waals surface area contributed by atoms with Crippen molar-refractivity contribution in [2.45, 2.75) is 43.4 Å². The molecule has 0 aliphatic heterocycles. The molecule has 0 amide bonds. The quantitative estimate of drug-likeness (QED) is 0.313. The van der Waals surface area contributed by atoms with Crippen molar-refractivity contribution in [1.29, 1.82) is 0 Å². The van der Waals surface area contributed by atoms with Gasteiger partial charge in [0.05, 0.1) is 0 Å². The van der Waals surface area contributed by atoms with E-state index in [4.69, 9.17) is 23.2 Å². The van der Waals surface area contributed by atoms with E-state index in [-0.39, 0.29) is 0 Å². The number of hydrogen-bond acceptors (Lipinski definition) is 1. The summed E-state index contributed by atoms with van der Waals surface area (Å²) in [6.45, 7) is 0. The van der Waals surface area contributed by atoms with Gasteiger partial charge in [0.15, 0.2) is 0 Å². The van der Waals surface area contributed by atoms with E-state index in [2.05, 4.69) is 15.9 Å². The lowest BCUT2D eigenvalue weighted by Crippen LogP contribution is -2.25. The average Bonchev–Trinajstić information content (AvgIpc) is 2.61. The second kappa shape index (κ2) is 7.59. The highest BCUT2D eigenvalue weighted by molar-refractivity contribution is 9.09. The number of benzene rings is 1. The lowest BCUT2D eigenvalue weighted by atomic mass is 9.85. The van der Waals surface area contributed by atoms with E-state index in [0.29, 0.717) is 5.41 Å². The van der Waals surface area contributed by atoms with Crippen LogP contribution in [0.25, 0.3) is 0 Å². The van der Waals surface area contributed by atoms with Gasteiger partial charge in [0, 0.05) is 26.0 Å². The molecule has 1 aromatic carbocycles. The van der Waals surface area contributed by atoms with Crippen LogP contribution in [0.5, 0.6) is 0 Å². The third-order valence-corrected chi connectivity index (χ3v) is 6.78. The van der Waals surface area contributed by atoms with Gasteiger partial charge in [-0.1, -0.05) is 64.8 Å². The van der Waals surface area contributed by atoms with Gasteiger partial charge in [0.2, 0.25) is 0 Å². The van der Waals surface area contributed by atoms with Crippen molar-refractivity contribution in [1.82, 2.24) is 0 Å². The van der Waals surface area contributed by atoms with Crippen molar-refractivity contribution in [3.8, 4) is 0 Å². The first-order valence-electron chi connectivity index (χ1n) is 6.78. The Morgan fingerprint density at radius 2 is 1.58 bits per heavy atom. The van der Waals surface area contributed by atoms with Crippen molar-refractivity contribution >= 4 is 50.9 Å². The first kappa shape index (κ1) is 16.0. The topological polar surface area (TPSA) is 0 Å². The van der Waals surface area contributed by atoms with E-state index in [9.17, 15) is 0 Å². The molecule has 2 rings (SSSR count). The van der Waals surface area contributed by atoms with Crippen LogP contribution in [0.1, 0.15) is 38.5 Å². The van der Waals surface area contributed by atoms with Crippen molar-refractivity contribution in [3.63, 3.8) is 0 Å². The summed E-state index contributed by atoms with van der Waals surface area (Å²) in [6.07, 6.45) is 8.18. The Hall–Kier alpha value is 0.630. The lowest BCUT2D eigenvalue weighted by Gasteiger charge is -2.30. The largest absolute Gasteiger partial charge is 0.125 e. The second-order valence-corrected chi connectivity index (χ2v) is 7.92. The maximum Gasteiger partial charge on any atom is 0.0431 e. The van der Waals surface area contributed by atoms with Gasteiger partial charge in [-0.15, -0.1) is 11.8 Å². The summed E-state index contributed by atoms with van der Waals surface area (Å²) in [4.78, 5) is 1.18. The minimum absolute atomic E-state index is 0.440. The van der Waals surface area contributed by atoms with Crippen LogP contribution >= 0.6 is 50.9 Å². The third-order valence-electron chi connectivity index (χ3n) is 3.83. The molecule has 0 radical (unpaired) electrons. The Kier molecular flexibility index (Phi) is 6.39. The molecule has 0 atom stereocenters. The standard InChI is InChI=1S/C15H19BrCl2S/c16-10-15(5-3-1-2-4-6-15)11-19-14-8-12(17)7-13(18)9-14/h7-9H,1-6,10-11H2. The maximum absolute atomic E-state index is 6.06. The van der Waals surface area contributed by atoms with Crippen molar-refractivity contribution in [2.75, 3.05) is 11.1 Å². The Balaban J connectivity index is 2.02. The van der Waals surface area contributed by atoms with Crippen LogP contribution in [0.15, 0.2) is 23.1 Å². The molecule has 106 valence electrons. The van der Waals surface area contributed by atoms with E-state index in [1.807, 2.05) is 23.9 Å². The Labute approximate surface area is 138 Å². The molecule has 0 nitrogen and oxygen atoms in total. The molecule has 19 heavy (non-hydrogen) atoms. The molecule has 1 saturated carbocycles. The summed E-state index contributed by atoms with van der Waals surface area (Å²) in [7, 11) is 0. The number of hydrogen-bond donors (Lipinski definition) is 0. The maximum atomic E-state index is 6.06. The van der Waals surface area contributed by atoms with Crippen LogP contribution in [0.4, 0.5) is 0 Å². The second-order valence-electron chi connectivity index (χ2n) is 5.44. The molecular weight excluding hydrogens is 363 g/mol. The molecule has 1 fully saturated rings. The fourth-order valence-electron chi connectivity index (χ4n) is 2.64. The number of alkyl halides is 1. The van der Waals surface area contributed by atoms with Gasteiger partial charge < -0.3 is 0 Å². The van der Waals surface area contributed by atoms with Gasteiger partial charge in [-0.2, -0.15) is 0 Å². The fraction of sp³-hybridized carbons (Fsp3) is 0.600. The van der Waals surface area contributed by atoms with Gasteiger partial charge in [0.25, 0.3) is 0 Å². The Morgan fingerprint density at radius 3 is 2.11 bits per heavy atom. The SMILES string of the molecule is Clc1cc(Cl)cc(SCC2(CBr)CCCCCC2)c1. The molecule has 0 spiro atoms. The van der Waals surface area contributed by atoms with Crippen LogP contribution in [0.3, 0.4) is 0 Å². The summed E-state index contributed by atoms with van der Waals surface area (Å²) in [6, 6.07) is 5.81. The van der Waals surface area contributed by atoms with Crippen LogP contribution in [0, 0.1) is 5.41 Å². The van der Waals surface area contributed by atoms with Crippen LogP contribution in [-0.2, 0) is 0 Å². The van der Waals surface area contributed by atoms with Crippen molar-refractivity contribution < 1.29 is 0 Å². The highest BCUT2D eigenvalue weighted by Gasteiger charge is 2.29. The highest BCUT2D eigenvalue weighted by atomic mass is 79.9. The smallest absolute Gasteiger partial charge is 0.0431 e. The zero-order valence-corrected chi connectivity index (χ0v) is 14.8. The minimum atomic E-state index is 0.440. The van der Waals surface area contributed by atoms with E-state index in [1.54, 1.807) is 6.07 Å². The molecule has 0 N–H and O–H groups in total. The predicted molar refractivity (Wildman–Crippen MR) is 91.1 cm³/mol. The van der Waals surface area contributed by atoms with Gasteiger partial charge >= 0.3 is 0 Å². The van der Waals surface area contributed by atoms with Gasteiger partial charge in [-0.3, -0.25) is 0 Å². The van der Waals surface area contributed by atoms with Crippen LogP contribution in [0.2, 0.25) is 10.0 Å². The molecule has 0 bridgehead atoms. The average molecular weight is 382 g/mol. The summed E-state index contributed by atoms with van der Waals surface area (Å²) >= 11 is 17.7. The predicted octanol–water partition coefficient (Wildman–Crippen LogP) is 6.82. The zero-order chi connectivity index (χ0) is 13.7. The summed E-state index contributed by atoms with van der Waals surface area (Å²) < 4.78 is 0. The molecular formula is C15H19BrCl2S. The van der Waals surface area contributed by atoms with E-state index < -0.39 is 0 Å². The molecule has 1 aliphatic carbocycles. The molecule has 0 unspecified atom stereocenters. The van der Waals surface area contributed by atoms with Crippen LogP contribution < -0.4 is 0 Å². The zero-order valence-electron chi connectivity index (χ0n) is 10.9. The first-order chi connectivity index (χ1) is 9.13. The van der Waals surface area contributed by atoms with Crippen LogP contribution in [-0.4, -0.2) is 11.1 Å². The Bertz CT molecular complexity index is 394. The third kappa shape index (κ3) is 4.84. The summed E-state index contributed by atoms with van der Waals surface area (Å²) in [5.74, 6) is 1.15. The van der Waals surface area contributed by atoms with Crippen molar-refractivity contribution in [3.05, 3.63) is 28.2 Å². The monoisotopic (exact) mass is 380 g/mol. The number of halogens is 3. The molecule has 0 heterocycles. The minimum Gasteiger partial charge on any atom is -0.125 e. The molecule has 4 heteroatoms. The van der Waals surface area contributed by atoms with Gasteiger partial charge in [0.1, 0.15) is 0 Å². The fourth-order valence-corrected chi connectivity index (χ4v) is 5.60.